The zero-order valence-electron chi connectivity index (χ0n) is 28.7. The molecule has 2 saturated heterocycles. The minimum atomic E-state index is -1.48. The number of aliphatic hydroxyl groups excluding tert-OH is 1. The summed E-state index contributed by atoms with van der Waals surface area (Å²) in [7, 11) is 0. The molecule has 6 atom stereocenters. The van der Waals surface area contributed by atoms with Crippen molar-refractivity contribution in [2.45, 2.75) is 95.1 Å². The van der Waals surface area contributed by atoms with Gasteiger partial charge in [-0.05, 0) is 69.2 Å². The summed E-state index contributed by atoms with van der Waals surface area (Å²) in [6, 6.07) is 8.31. The minimum absolute atomic E-state index is 0.115. The molecular formula is C35H45N9O7. The molecule has 16 heteroatoms. The van der Waals surface area contributed by atoms with Crippen LogP contribution >= 0.6 is 0 Å². The van der Waals surface area contributed by atoms with E-state index in [1.807, 2.05) is 30.3 Å². The van der Waals surface area contributed by atoms with Crippen molar-refractivity contribution in [3.63, 3.8) is 0 Å². The second-order valence-electron chi connectivity index (χ2n) is 13.0. The van der Waals surface area contributed by atoms with Crippen molar-refractivity contribution in [3.05, 3.63) is 59.7 Å². The molecule has 3 heterocycles. The number of nitrogens with one attached hydrogen (secondary N) is 6. The van der Waals surface area contributed by atoms with E-state index in [-0.39, 0.29) is 37.3 Å². The summed E-state index contributed by atoms with van der Waals surface area (Å²) in [6.07, 6.45) is 1.00. The molecule has 16 nitrogen and oxygen atoms in total. The maximum absolute atomic E-state index is 14.0. The molecule has 0 bridgehead atoms. The fraction of sp³-hybridized carbons (Fsp3) is 0.486. The van der Waals surface area contributed by atoms with Gasteiger partial charge in [0, 0.05) is 25.1 Å². The molecule has 1 aromatic heterocycles. The van der Waals surface area contributed by atoms with Gasteiger partial charge in [-0.25, -0.2) is 0 Å². The van der Waals surface area contributed by atoms with Gasteiger partial charge < -0.3 is 36.6 Å². The summed E-state index contributed by atoms with van der Waals surface area (Å²) in [6.45, 7) is 3.59. The number of carbonyl (C=O) groups excluding carboxylic acids is 6. The van der Waals surface area contributed by atoms with E-state index < -0.39 is 65.8 Å². The van der Waals surface area contributed by atoms with Gasteiger partial charge in [-0.3, -0.25) is 28.8 Å². The fourth-order valence-corrected chi connectivity index (χ4v) is 6.39. The number of aromatic amines is 1. The predicted molar refractivity (Wildman–Crippen MR) is 185 cm³/mol. The van der Waals surface area contributed by atoms with E-state index in [4.69, 9.17) is 0 Å². The molecule has 7 N–H and O–H groups in total. The number of hydrogen-bond acceptors (Lipinski definition) is 9. The highest BCUT2D eigenvalue weighted by molar-refractivity contribution is 6.01. The Labute approximate surface area is 294 Å². The van der Waals surface area contributed by atoms with E-state index in [1.165, 1.54) is 17.9 Å². The summed E-state index contributed by atoms with van der Waals surface area (Å²) >= 11 is 0. The minimum Gasteiger partial charge on any atom is -0.391 e. The smallest absolute Gasteiger partial charge is 0.252 e. The van der Waals surface area contributed by atoms with Crippen LogP contribution in [0.2, 0.25) is 0 Å². The van der Waals surface area contributed by atoms with E-state index in [0.29, 0.717) is 43.3 Å². The van der Waals surface area contributed by atoms with Crippen LogP contribution < -0.4 is 26.6 Å². The Morgan fingerprint density at radius 2 is 1.63 bits per heavy atom. The van der Waals surface area contributed by atoms with Crippen molar-refractivity contribution in [1.29, 1.82) is 0 Å². The first-order valence-corrected chi connectivity index (χ1v) is 17.4. The molecule has 0 aliphatic carbocycles. The Kier molecular flexibility index (Phi) is 12.3. The number of nitrogens with zero attached hydrogens (tertiary/aromatic N) is 3. The van der Waals surface area contributed by atoms with Crippen LogP contribution in [0.4, 0.5) is 0 Å². The third-order valence-corrected chi connectivity index (χ3v) is 9.26. The van der Waals surface area contributed by atoms with Crippen LogP contribution in [0.5, 0.6) is 0 Å². The van der Waals surface area contributed by atoms with E-state index in [9.17, 15) is 33.9 Å². The lowest BCUT2D eigenvalue weighted by atomic mass is 10.0. The predicted octanol–water partition coefficient (Wildman–Crippen LogP) is -0.165. The van der Waals surface area contributed by atoms with Crippen molar-refractivity contribution in [1.82, 2.24) is 46.9 Å². The second kappa shape index (κ2) is 17.0. The number of aliphatic hydroxyl groups is 1. The molecule has 272 valence electrons. The first-order valence-electron chi connectivity index (χ1n) is 17.4. The Hall–Kier alpha value is -5.38. The monoisotopic (exact) mass is 703 g/mol. The van der Waals surface area contributed by atoms with Crippen molar-refractivity contribution in [3.8, 4) is 0 Å². The van der Waals surface area contributed by atoms with Crippen LogP contribution in [0.15, 0.2) is 48.5 Å². The number of carbonyl (C=O) groups is 6. The van der Waals surface area contributed by atoms with Gasteiger partial charge in [0.15, 0.2) is 0 Å². The Morgan fingerprint density at radius 3 is 2.37 bits per heavy atom. The molecule has 6 amide bonds. The third kappa shape index (κ3) is 9.25. The summed E-state index contributed by atoms with van der Waals surface area (Å²) in [5.41, 5.74) is 2.05. The number of amides is 6. The van der Waals surface area contributed by atoms with Crippen LogP contribution in [-0.4, -0.2) is 110 Å². The molecular weight excluding hydrogens is 658 g/mol. The number of aromatic nitrogens is 3. The molecule has 2 aliphatic rings. The Morgan fingerprint density at radius 1 is 0.882 bits per heavy atom. The number of fused-ring (bicyclic) bond motifs is 2. The van der Waals surface area contributed by atoms with Gasteiger partial charge in [-0.15, -0.1) is 0 Å². The highest BCUT2D eigenvalue weighted by Crippen LogP contribution is 2.20. The van der Waals surface area contributed by atoms with Crippen LogP contribution in [0, 0.1) is 0 Å². The van der Waals surface area contributed by atoms with Gasteiger partial charge >= 0.3 is 0 Å². The van der Waals surface area contributed by atoms with Gasteiger partial charge in [0.05, 0.1) is 6.10 Å². The molecule has 2 aliphatic heterocycles. The second-order valence-corrected chi connectivity index (χ2v) is 13.0. The number of hydrogen-bond donors (Lipinski definition) is 7. The largest absolute Gasteiger partial charge is 0.391 e. The standard InChI is InChI=1S/C35H45N9O7/c1-3-23-31(47)40-29(20(2)45)34(50)39-27(18-21-10-5-4-6-11-21)35(51)44-17-9-13-28(44)33(49)36-16-8-7-12-25(32(48)37-23)38-30(46)22-14-15-24-26(19-22)42-43-41-24/h4-6,10-11,14-15,19-20,23,25,27-29,45H,3,7-9,12-13,16-18H2,1-2H3,(H,36,49)(H,37,48)(H,38,46)(H,39,50)(H,40,47)(H,41,42,43)/t20-,23+,25+,27-,28+,29+/m1/s1. The lowest BCUT2D eigenvalue weighted by Gasteiger charge is -2.30. The van der Waals surface area contributed by atoms with Gasteiger partial charge in [0.25, 0.3) is 5.91 Å². The topological polar surface area (TPSA) is 228 Å². The summed E-state index contributed by atoms with van der Waals surface area (Å²) < 4.78 is 0. The third-order valence-electron chi connectivity index (χ3n) is 9.26. The van der Waals surface area contributed by atoms with E-state index in [0.717, 1.165) is 5.56 Å². The molecule has 51 heavy (non-hydrogen) atoms. The number of benzene rings is 2. The average molecular weight is 704 g/mol. The van der Waals surface area contributed by atoms with Gasteiger partial charge in [-0.1, -0.05) is 37.3 Å². The first kappa shape index (κ1) is 36.9. The average Bonchev–Trinajstić information content (AvgIpc) is 3.81. The normalized spacial score (nSPS) is 25.0. The SMILES string of the molecule is CC[C@@H]1NC(=O)[C@@H](NC(=O)c2ccc3n[nH]nc3c2)CCCCNC(=O)[C@@H]2CCCN2C(=O)[C@@H](Cc2ccccc2)NC(=O)[C@H]([C@@H](C)O)NC1=O. The van der Waals surface area contributed by atoms with Crippen molar-refractivity contribution in [2.75, 3.05) is 13.1 Å². The molecule has 2 fully saturated rings. The van der Waals surface area contributed by atoms with Gasteiger partial charge in [-0.2, -0.15) is 15.4 Å². The Balaban J connectivity index is 1.39. The first-order chi connectivity index (χ1) is 24.5. The van der Waals surface area contributed by atoms with Crippen LogP contribution in [0.3, 0.4) is 0 Å². The summed E-state index contributed by atoms with van der Waals surface area (Å²) in [4.78, 5) is 83.0. The van der Waals surface area contributed by atoms with Crippen LogP contribution in [0.25, 0.3) is 11.0 Å². The Bertz CT molecular complexity index is 1730. The quantitative estimate of drug-likeness (QED) is 0.181. The lowest BCUT2D eigenvalue weighted by Crippen LogP contribution is -2.61. The molecule has 0 radical (unpaired) electrons. The molecule has 5 rings (SSSR count). The molecule has 0 saturated carbocycles. The molecule has 0 unspecified atom stereocenters. The molecule has 0 spiro atoms. The van der Waals surface area contributed by atoms with E-state index in [2.05, 4.69) is 42.0 Å². The van der Waals surface area contributed by atoms with Crippen LogP contribution in [-0.2, 0) is 30.4 Å². The maximum Gasteiger partial charge on any atom is 0.252 e. The highest BCUT2D eigenvalue weighted by atomic mass is 16.3. The zero-order chi connectivity index (χ0) is 36.5. The fourth-order valence-electron chi connectivity index (χ4n) is 6.39. The maximum atomic E-state index is 14.0. The van der Waals surface area contributed by atoms with Crippen LogP contribution in [0.1, 0.15) is 68.3 Å². The van der Waals surface area contributed by atoms with E-state index >= 15 is 0 Å². The summed E-state index contributed by atoms with van der Waals surface area (Å²) in [5.74, 6) is -3.46. The highest BCUT2D eigenvalue weighted by Gasteiger charge is 2.39. The van der Waals surface area contributed by atoms with Gasteiger partial charge in [0.2, 0.25) is 29.5 Å². The van der Waals surface area contributed by atoms with E-state index in [1.54, 1.807) is 19.1 Å². The van der Waals surface area contributed by atoms with Crippen molar-refractivity contribution >= 4 is 46.5 Å². The summed E-state index contributed by atoms with van der Waals surface area (Å²) in [5, 5.41) is 34.7. The molecule has 3 aromatic rings. The van der Waals surface area contributed by atoms with Gasteiger partial charge in [0.1, 0.15) is 41.2 Å². The lowest BCUT2D eigenvalue weighted by molar-refractivity contribution is -0.142. The van der Waals surface area contributed by atoms with Crippen molar-refractivity contribution < 1.29 is 33.9 Å². The number of rotatable bonds is 6. The van der Waals surface area contributed by atoms with Crippen molar-refractivity contribution in [2.24, 2.45) is 0 Å². The zero-order valence-corrected chi connectivity index (χ0v) is 28.7. The number of H-pyrrole nitrogens is 1. The molecule has 2 aromatic carbocycles.